The lowest BCUT2D eigenvalue weighted by Crippen LogP contribution is -2.55. The van der Waals surface area contributed by atoms with E-state index in [0.29, 0.717) is 18.0 Å². The van der Waals surface area contributed by atoms with E-state index in [1.54, 1.807) is 0 Å². The Labute approximate surface area is 153 Å². The van der Waals surface area contributed by atoms with Gasteiger partial charge in [-0.2, -0.15) is 0 Å². The van der Waals surface area contributed by atoms with Gasteiger partial charge in [-0.15, -0.1) is 23.5 Å². The Kier molecular flexibility index (Phi) is 5.00. The van der Waals surface area contributed by atoms with E-state index in [2.05, 4.69) is 36.5 Å². The van der Waals surface area contributed by atoms with Crippen LogP contribution in [0.2, 0.25) is 0 Å². The molecule has 136 valence electrons. The Morgan fingerprint density at radius 2 is 2.00 bits per heavy atom. The Morgan fingerprint density at radius 3 is 2.71 bits per heavy atom. The largest absolute Gasteiger partial charge is 0.349 e. The monoisotopic (exact) mass is 372 g/mol. The molecular formula is C18H28O4S2. The van der Waals surface area contributed by atoms with Gasteiger partial charge in [-0.05, 0) is 40.0 Å². The lowest BCUT2D eigenvalue weighted by molar-refractivity contribution is -0.189. The summed E-state index contributed by atoms with van der Waals surface area (Å²) in [5, 5.41) is 0. The number of hydrogen-bond acceptors (Lipinski definition) is 6. The first-order valence-electron chi connectivity index (χ1n) is 8.96. The third-order valence-corrected chi connectivity index (χ3v) is 8.67. The number of thioether (sulfide) groups is 2. The van der Waals surface area contributed by atoms with Crippen molar-refractivity contribution < 1.29 is 18.9 Å². The van der Waals surface area contributed by atoms with Crippen LogP contribution in [0.3, 0.4) is 0 Å². The highest BCUT2D eigenvalue weighted by Crippen LogP contribution is 2.50. The summed E-state index contributed by atoms with van der Waals surface area (Å²) in [6.07, 6.45) is 5.80. The molecule has 1 spiro atoms. The predicted molar refractivity (Wildman–Crippen MR) is 98.3 cm³/mol. The van der Waals surface area contributed by atoms with Gasteiger partial charge in [0.25, 0.3) is 0 Å². The molecule has 1 saturated carbocycles. The summed E-state index contributed by atoms with van der Waals surface area (Å²) in [4.78, 5) is 0. The van der Waals surface area contributed by atoms with E-state index in [9.17, 15) is 0 Å². The molecule has 4 atom stereocenters. The second kappa shape index (κ2) is 6.78. The Balaban J connectivity index is 1.58. The van der Waals surface area contributed by atoms with E-state index in [1.807, 2.05) is 13.8 Å². The average molecular weight is 373 g/mol. The molecule has 0 aromatic rings. The summed E-state index contributed by atoms with van der Waals surface area (Å²) < 4.78 is 25.0. The van der Waals surface area contributed by atoms with Gasteiger partial charge in [0.1, 0.15) is 12.4 Å². The maximum absolute atomic E-state index is 6.48. The smallest absolute Gasteiger partial charge is 0.163 e. The minimum Gasteiger partial charge on any atom is -0.349 e. The van der Waals surface area contributed by atoms with Crippen LogP contribution >= 0.6 is 23.5 Å². The molecule has 6 heteroatoms. The van der Waals surface area contributed by atoms with E-state index >= 15 is 0 Å². The van der Waals surface area contributed by atoms with Crippen molar-refractivity contribution in [2.75, 3.05) is 24.9 Å². The van der Waals surface area contributed by atoms with Gasteiger partial charge >= 0.3 is 0 Å². The maximum Gasteiger partial charge on any atom is 0.163 e. The predicted octanol–water partition coefficient (Wildman–Crippen LogP) is 3.80. The van der Waals surface area contributed by atoms with Crippen LogP contribution in [0, 0.1) is 5.92 Å². The van der Waals surface area contributed by atoms with Crippen LogP contribution in [0.4, 0.5) is 0 Å². The number of fused-ring (bicyclic) bond motifs is 1. The van der Waals surface area contributed by atoms with Crippen molar-refractivity contribution in [1.82, 2.24) is 0 Å². The highest BCUT2D eigenvalue weighted by molar-refractivity contribution is 8.20. The van der Waals surface area contributed by atoms with Gasteiger partial charge in [0, 0.05) is 17.4 Å². The van der Waals surface area contributed by atoms with Gasteiger partial charge in [0.05, 0.1) is 23.4 Å². The highest BCUT2D eigenvalue weighted by Gasteiger charge is 2.59. The molecule has 0 aromatic heterocycles. The minimum absolute atomic E-state index is 0.0939. The Hall–Kier alpha value is 0.280. The molecule has 0 aromatic carbocycles. The fraction of sp³-hybridized carbons (Fsp3) is 0.889. The van der Waals surface area contributed by atoms with Gasteiger partial charge < -0.3 is 18.9 Å². The third kappa shape index (κ3) is 3.30. The second-order valence-corrected chi connectivity index (χ2v) is 10.6. The van der Waals surface area contributed by atoms with E-state index < -0.39 is 5.79 Å². The molecular weight excluding hydrogens is 344 g/mol. The topological polar surface area (TPSA) is 36.9 Å². The van der Waals surface area contributed by atoms with Gasteiger partial charge in [0.2, 0.25) is 0 Å². The fourth-order valence-electron chi connectivity index (χ4n) is 4.55. The quantitative estimate of drug-likeness (QED) is 0.702. The molecule has 4 nitrogen and oxygen atoms in total. The summed E-state index contributed by atoms with van der Waals surface area (Å²) >= 11 is 4.16. The molecule has 0 unspecified atom stereocenters. The number of hydrogen-bond donors (Lipinski definition) is 0. The fourth-order valence-corrected chi connectivity index (χ4v) is 7.28. The van der Waals surface area contributed by atoms with Crippen LogP contribution in [0.1, 0.15) is 40.0 Å². The van der Waals surface area contributed by atoms with Crippen molar-refractivity contribution >= 4 is 23.5 Å². The van der Waals surface area contributed by atoms with Gasteiger partial charge in [-0.25, -0.2) is 0 Å². The first-order chi connectivity index (χ1) is 11.5. The van der Waals surface area contributed by atoms with E-state index in [-0.39, 0.29) is 23.7 Å². The van der Waals surface area contributed by atoms with Crippen LogP contribution in [0.25, 0.3) is 0 Å². The molecule has 0 amide bonds. The first-order valence-corrected chi connectivity index (χ1v) is 11.1. The van der Waals surface area contributed by atoms with E-state index in [1.165, 1.54) is 17.1 Å². The van der Waals surface area contributed by atoms with Crippen LogP contribution in [-0.2, 0) is 18.9 Å². The zero-order chi connectivity index (χ0) is 16.8. The summed E-state index contributed by atoms with van der Waals surface area (Å²) in [5.74, 6) is 2.27. The second-order valence-electron chi connectivity index (χ2n) is 7.68. The molecule has 3 heterocycles. The molecule has 3 saturated heterocycles. The third-order valence-electron chi connectivity index (χ3n) is 5.58. The molecule has 3 aliphatic heterocycles. The van der Waals surface area contributed by atoms with Gasteiger partial charge in [-0.1, -0.05) is 11.6 Å². The Bertz CT molecular complexity index is 503. The summed E-state index contributed by atoms with van der Waals surface area (Å²) in [6.45, 7) is 7.34. The molecule has 0 N–H and O–H groups in total. The molecule has 24 heavy (non-hydrogen) atoms. The van der Waals surface area contributed by atoms with E-state index in [4.69, 9.17) is 18.9 Å². The van der Waals surface area contributed by atoms with Crippen LogP contribution in [0.5, 0.6) is 0 Å². The zero-order valence-corrected chi connectivity index (χ0v) is 16.4. The van der Waals surface area contributed by atoms with Crippen LogP contribution < -0.4 is 0 Å². The Morgan fingerprint density at radius 1 is 1.21 bits per heavy atom. The summed E-state index contributed by atoms with van der Waals surface area (Å²) in [5.41, 5.74) is 1.11. The number of allylic oxidation sites excluding steroid dienone is 1. The van der Waals surface area contributed by atoms with Crippen molar-refractivity contribution in [2.24, 2.45) is 5.92 Å². The molecule has 4 fully saturated rings. The summed E-state index contributed by atoms with van der Waals surface area (Å²) in [7, 11) is 0. The molecule has 0 bridgehead atoms. The van der Waals surface area contributed by atoms with Crippen molar-refractivity contribution in [3.05, 3.63) is 11.6 Å². The molecule has 1 aliphatic carbocycles. The molecule has 0 radical (unpaired) electrons. The van der Waals surface area contributed by atoms with Crippen molar-refractivity contribution in [3.8, 4) is 0 Å². The lowest BCUT2D eigenvalue weighted by Gasteiger charge is -2.45. The van der Waals surface area contributed by atoms with Crippen molar-refractivity contribution in [3.63, 3.8) is 0 Å². The molecule has 4 aliphatic rings. The van der Waals surface area contributed by atoms with Gasteiger partial charge in [-0.3, -0.25) is 0 Å². The summed E-state index contributed by atoms with van der Waals surface area (Å²) in [6, 6.07) is 0. The maximum atomic E-state index is 6.48. The SMILES string of the molecule is C/C(=C\CC1SCCS1)[C@H]1[C@@H]2OCO[C@@H]2CC[C@]12COC(C)(C)O2. The first kappa shape index (κ1) is 17.7. The van der Waals surface area contributed by atoms with Crippen molar-refractivity contribution in [1.29, 1.82) is 0 Å². The highest BCUT2D eigenvalue weighted by atomic mass is 32.2. The molecule has 4 rings (SSSR count). The normalized spacial score (nSPS) is 42.8. The minimum atomic E-state index is -0.512. The van der Waals surface area contributed by atoms with Crippen molar-refractivity contribution in [2.45, 2.75) is 68.2 Å². The van der Waals surface area contributed by atoms with Gasteiger partial charge in [0.15, 0.2) is 5.79 Å². The van der Waals surface area contributed by atoms with Crippen LogP contribution in [0.15, 0.2) is 11.6 Å². The lowest BCUT2D eigenvalue weighted by atomic mass is 9.69. The number of rotatable bonds is 3. The van der Waals surface area contributed by atoms with Crippen LogP contribution in [-0.4, -0.2) is 53.1 Å². The average Bonchev–Trinajstić information content (AvgIpc) is 3.25. The standard InChI is InChI=1S/C18H28O4S2/c1-12(4-5-14-23-8-9-24-14)15-16-13(19-11-20-16)6-7-18(15)10-21-17(2,3)22-18/h4,13-16H,5-11H2,1-3H3/b12-4+/t13-,15+,16-,18+/m1/s1. The van der Waals surface area contributed by atoms with E-state index in [0.717, 1.165) is 19.3 Å². The zero-order valence-electron chi connectivity index (χ0n) is 14.8. The number of ether oxygens (including phenoxy) is 4.